The van der Waals surface area contributed by atoms with Crippen LogP contribution in [0.15, 0.2) is 42.7 Å². The second-order valence-electron chi connectivity index (χ2n) is 7.08. The van der Waals surface area contributed by atoms with Crippen LogP contribution in [-0.4, -0.2) is 41.5 Å². The summed E-state index contributed by atoms with van der Waals surface area (Å²) >= 11 is 0. The average Bonchev–Trinajstić information content (AvgIpc) is 3.36. The maximum atomic E-state index is 12.5. The number of pyridine rings is 1. The number of amides is 3. The number of benzene rings is 1. The molecule has 0 unspecified atom stereocenters. The summed E-state index contributed by atoms with van der Waals surface area (Å²) in [6.45, 7) is 3.82. The molecule has 0 spiro atoms. The maximum absolute atomic E-state index is 12.5. The quantitative estimate of drug-likeness (QED) is 0.773. The van der Waals surface area contributed by atoms with Gasteiger partial charge < -0.3 is 20.9 Å². The number of nitrogens with one attached hydrogen (secondary N) is 3. The molecule has 1 aromatic heterocycles. The van der Waals surface area contributed by atoms with Crippen molar-refractivity contribution >= 4 is 17.6 Å². The molecule has 1 aromatic carbocycles. The Morgan fingerprint density at radius 1 is 1.15 bits per heavy atom. The van der Waals surface area contributed by atoms with Crippen LogP contribution in [0.1, 0.15) is 27.9 Å². The standard InChI is InChI=1S/C20H23N5O2/c26-19(23-10-14-5-7-21-9-14)15-1-3-18(4-2-15)24-20(27)25-12-16-6-8-22-11-17(16)13-25/h1-4,6,8,11,14,21H,5,7,9-10,12-13H2,(H,23,26)(H,24,27)/t14-/m0/s1. The third-order valence-electron chi connectivity index (χ3n) is 5.13. The lowest BCUT2D eigenvalue weighted by molar-refractivity contribution is 0.0948. The largest absolute Gasteiger partial charge is 0.352 e. The van der Waals surface area contributed by atoms with Crippen LogP contribution in [0, 0.1) is 5.92 Å². The van der Waals surface area contributed by atoms with Crippen LogP contribution < -0.4 is 16.0 Å². The molecule has 2 aliphatic rings. The van der Waals surface area contributed by atoms with Crippen LogP contribution in [0.4, 0.5) is 10.5 Å². The van der Waals surface area contributed by atoms with Crippen LogP contribution in [0.3, 0.4) is 0 Å². The Bertz CT molecular complexity index is 806. The Morgan fingerprint density at radius 3 is 2.70 bits per heavy atom. The summed E-state index contributed by atoms with van der Waals surface area (Å²) < 4.78 is 0. The highest BCUT2D eigenvalue weighted by atomic mass is 16.2. The normalized spacial score (nSPS) is 18.2. The summed E-state index contributed by atoms with van der Waals surface area (Å²) in [7, 11) is 0. The zero-order valence-electron chi connectivity index (χ0n) is 15.1. The first-order valence-corrected chi connectivity index (χ1v) is 9.26. The van der Waals surface area contributed by atoms with Crippen molar-refractivity contribution in [3.8, 4) is 0 Å². The van der Waals surface area contributed by atoms with E-state index < -0.39 is 0 Å². The lowest BCUT2D eigenvalue weighted by Gasteiger charge is -2.16. The van der Waals surface area contributed by atoms with Gasteiger partial charge in [0, 0.05) is 43.3 Å². The molecule has 3 N–H and O–H groups in total. The van der Waals surface area contributed by atoms with E-state index in [-0.39, 0.29) is 11.9 Å². The molecule has 0 bridgehead atoms. The molecule has 3 amide bonds. The Kier molecular flexibility index (Phi) is 5.02. The lowest BCUT2D eigenvalue weighted by Crippen LogP contribution is -2.31. The van der Waals surface area contributed by atoms with E-state index >= 15 is 0 Å². The molecule has 7 heteroatoms. The fraction of sp³-hybridized carbons (Fsp3) is 0.350. The highest BCUT2D eigenvalue weighted by Crippen LogP contribution is 2.22. The molecule has 0 saturated carbocycles. The molecule has 3 heterocycles. The zero-order valence-corrected chi connectivity index (χ0v) is 15.1. The first-order chi connectivity index (χ1) is 13.2. The number of hydrogen-bond donors (Lipinski definition) is 3. The monoisotopic (exact) mass is 365 g/mol. The van der Waals surface area contributed by atoms with E-state index in [4.69, 9.17) is 0 Å². The van der Waals surface area contributed by atoms with Crippen LogP contribution >= 0.6 is 0 Å². The van der Waals surface area contributed by atoms with Crippen molar-refractivity contribution in [1.29, 1.82) is 0 Å². The molecular formula is C20H23N5O2. The highest BCUT2D eigenvalue weighted by Gasteiger charge is 2.23. The van der Waals surface area contributed by atoms with Gasteiger partial charge in [-0.1, -0.05) is 0 Å². The molecule has 2 aromatic rings. The molecule has 1 atom stereocenters. The number of urea groups is 1. The Balaban J connectivity index is 1.30. The number of anilines is 1. The van der Waals surface area contributed by atoms with Crippen LogP contribution in [0.25, 0.3) is 0 Å². The molecule has 4 rings (SSSR count). The van der Waals surface area contributed by atoms with E-state index in [9.17, 15) is 9.59 Å². The second kappa shape index (κ2) is 7.75. The van der Waals surface area contributed by atoms with E-state index in [2.05, 4.69) is 20.9 Å². The van der Waals surface area contributed by atoms with Gasteiger partial charge in [-0.05, 0) is 66.9 Å². The number of nitrogens with zero attached hydrogens (tertiary/aromatic N) is 2. The number of carbonyl (C=O) groups is 2. The van der Waals surface area contributed by atoms with Gasteiger partial charge in [0.15, 0.2) is 0 Å². The predicted octanol–water partition coefficient (Wildman–Crippen LogP) is 1.97. The molecule has 0 radical (unpaired) electrons. The van der Waals surface area contributed by atoms with Crippen molar-refractivity contribution < 1.29 is 9.59 Å². The summed E-state index contributed by atoms with van der Waals surface area (Å²) in [5, 5.41) is 9.16. The van der Waals surface area contributed by atoms with E-state index in [1.54, 1.807) is 41.6 Å². The predicted molar refractivity (Wildman–Crippen MR) is 102 cm³/mol. The number of rotatable bonds is 4. The fourth-order valence-electron chi connectivity index (χ4n) is 3.50. The molecule has 1 saturated heterocycles. The molecular weight excluding hydrogens is 342 g/mol. The first-order valence-electron chi connectivity index (χ1n) is 9.26. The maximum Gasteiger partial charge on any atom is 0.322 e. The summed E-state index contributed by atoms with van der Waals surface area (Å²) in [4.78, 5) is 30.5. The number of aromatic nitrogens is 1. The van der Waals surface area contributed by atoms with E-state index in [1.807, 2.05) is 6.07 Å². The van der Waals surface area contributed by atoms with Crippen LogP contribution in [-0.2, 0) is 13.1 Å². The van der Waals surface area contributed by atoms with Crippen LogP contribution in [0.2, 0.25) is 0 Å². The van der Waals surface area contributed by atoms with Crippen molar-refractivity contribution in [3.63, 3.8) is 0 Å². The summed E-state index contributed by atoms with van der Waals surface area (Å²) in [5.41, 5.74) is 3.48. The molecule has 2 aliphatic heterocycles. The third kappa shape index (κ3) is 4.09. The Morgan fingerprint density at radius 2 is 1.96 bits per heavy atom. The number of hydrogen-bond acceptors (Lipinski definition) is 4. The van der Waals surface area contributed by atoms with Gasteiger partial charge in [0.05, 0.1) is 0 Å². The summed E-state index contributed by atoms with van der Waals surface area (Å²) in [6.07, 6.45) is 4.65. The topological polar surface area (TPSA) is 86.4 Å². The van der Waals surface area contributed by atoms with Crippen molar-refractivity contribution in [2.45, 2.75) is 19.5 Å². The Hall–Kier alpha value is -2.93. The SMILES string of the molecule is O=C(NC[C@H]1CCNC1)c1ccc(NC(=O)N2Cc3ccncc3C2)cc1. The molecule has 7 nitrogen and oxygen atoms in total. The van der Waals surface area contributed by atoms with Gasteiger partial charge in [-0.15, -0.1) is 0 Å². The van der Waals surface area contributed by atoms with Crippen molar-refractivity contribution in [2.24, 2.45) is 5.92 Å². The van der Waals surface area contributed by atoms with Gasteiger partial charge in [-0.25, -0.2) is 4.79 Å². The second-order valence-corrected chi connectivity index (χ2v) is 7.08. The minimum atomic E-state index is -0.155. The summed E-state index contributed by atoms with van der Waals surface area (Å²) in [5.74, 6) is 0.426. The van der Waals surface area contributed by atoms with E-state index in [0.717, 1.165) is 30.6 Å². The van der Waals surface area contributed by atoms with Gasteiger partial charge in [0.2, 0.25) is 0 Å². The van der Waals surface area contributed by atoms with E-state index in [1.165, 1.54) is 0 Å². The summed E-state index contributed by atoms with van der Waals surface area (Å²) in [6, 6.07) is 8.78. The van der Waals surface area contributed by atoms with Gasteiger partial charge >= 0.3 is 6.03 Å². The Labute approximate surface area is 158 Å². The minimum Gasteiger partial charge on any atom is -0.352 e. The average molecular weight is 365 g/mol. The van der Waals surface area contributed by atoms with E-state index in [0.29, 0.717) is 36.8 Å². The highest BCUT2D eigenvalue weighted by molar-refractivity contribution is 5.95. The van der Waals surface area contributed by atoms with Crippen LogP contribution in [0.5, 0.6) is 0 Å². The third-order valence-corrected chi connectivity index (χ3v) is 5.13. The molecule has 27 heavy (non-hydrogen) atoms. The molecule has 1 fully saturated rings. The molecule has 0 aliphatic carbocycles. The number of carbonyl (C=O) groups excluding carboxylic acids is 2. The van der Waals surface area contributed by atoms with Gasteiger partial charge in [0.1, 0.15) is 0 Å². The smallest absolute Gasteiger partial charge is 0.322 e. The van der Waals surface area contributed by atoms with Crippen molar-refractivity contribution in [3.05, 3.63) is 59.4 Å². The van der Waals surface area contributed by atoms with Gasteiger partial charge in [-0.3, -0.25) is 9.78 Å². The minimum absolute atomic E-state index is 0.0812. The molecule has 140 valence electrons. The van der Waals surface area contributed by atoms with Gasteiger partial charge in [0.25, 0.3) is 5.91 Å². The first kappa shape index (κ1) is 17.5. The van der Waals surface area contributed by atoms with Crippen molar-refractivity contribution in [2.75, 3.05) is 25.0 Å². The fourth-order valence-corrected chi connectivity index (χ4v) is 3.50. The van der Waals surface area contributed by atoms with Gasteiger partial charge in [-0.2, -0.15) is 0 Å². The number of fused-ring (bicyclic) bond motifs is 1. The van der Waals surface area contributed by atoms with Crippen molar-refractivity contribution in [1.82, 2.24) is 20.5 Å². The zero-order chi connectivity index (χ0) is 18.6. The lowest BCUT2D eigenvalue weighted by atomic mass is 10.1.